The van der Waals surface area contributed by atoms with Crippen LogP contribution in [0.4, 0.5) is 5.13 Å². The number of nitrogens with zero attached hydrogens (tertiary/aromatic N) is 2. The smallest absolute Gasteiger partial charge is 0.203 e. The Morgan fingerprint density at radius 2 is 1.67 bits per heavy atom. The molecule has 4 bridgehead atoms. The lowest BCUT2D eigenvalue weighted by molar-refractivity contribution is -0.0909. The molecule has 0 spiro atoms. The highest BCUT2D eigenvalue weighted by atomic mass is 32.1. The minimum Gasteiger partial charge on any atom is -0.386 e. The highest BCUT2D eigenvalue weighted by Crippen LogP contribution is 2.59. The van der Waals surface area contributed by atoms with Crippen LogP contribution in [0.1, 0.15) is 43.2 Å². The number of aliphatic hydroxyl groups excluding tert-OH is 1. The van der Waals surface area contributed by atoms with E-state index in [9.17, 15) is 5.11 Å². The Morgan fingerprint density at radius 1 is 1.06 bits per heavy atom. The molecule has 1 unspecified atom stereocenters. The van der Waals surface area contributed by atoms with E-state index in [0.29, 0.717) is 22.9 Å². The maximum absolute atomic E-state index is 10.6. The summed E-state index contributed by atoms with van der Waals surface area (Å²) in [5.74, 6) is 3.71. The SMILES string of the molecule is Nc1nnc(C(O)C2C3CC4CC(C3)CC2C4)s1. The number of aliphatic hydroxyl groups is 1. The highest BCUT2D eigenvalue weighted by molar-refractivity contribution is 7.15. The Morgan fingerprint density at radius 3 is 2.17 bits per heavy atom. The Kier molecular flexibility index (Phi) is 2.42. The molecule has 4 aliphatic rings. The lowest BCUT2D eigenvalue weighted by Gasteiger charge is -2.55. The van der Waals surface area contributed by atoms with E-state index < -0.39 is 6.10 Å². The van der Waals surface area contributed by atoms with E-state index in [0.717, 1.165) is 16.8 Å². The van der Waals surface area contributed by atoms with Gasteiger partial charge in [0.15, 0.2) is 0 Å². The average molecular weight is 265 g/mol. The second kappa shape index (κ2) is 3.90. The minimum atomic E-state index is -0.435. The Labute approximate surface area is 111 Å². The summed E-state index contributed by atoms with van der Waals surface area (Å²) in [7, 11) is 0. The van der Waals surface area contributed by atoms with Crippen molar-refractivity contribution < 1.29 is 5.11 Å². The third-order valence-corrected chi connectivity index (χ3v) is 6.20. The molecule has 4 saturated carbocycles. The predicted molar refractivity (Wildman–Crippen MR) is 69.8 cm³/mol. The molecule has 1 atom stereocenters. The fourth-order valence-corrected chi connectivity index (χ4v) is 5.67. The van der Waals surface area contributed by atoms with Crippen molar-refractivity contribution in [2.24, 2.45) is 29.6 Å². The van der Waals surface area contributed by atoms with Gasteiger partial charge in [-0.1, -0.05) is 11.3 Å². The van der Waals surface area contributed by atoms with Gasteiger partial charge in [0, 0.05) is 0 Å². The lowest BCUT2D eigenvalue weighted by Crippen LogP contribution is -2.47. The number of anilines is 1. The van der Waals surface area contributed by atoms with E-state index in [1.807, 2.05) is 0 Å². The zero-order valence-corrected chi connectivity index (χ0v) is 11.1. The van der Waals surface area contributed by atoms with Crippen molar-refractivity contribution >= 4 is 16.5 Å². The number of rotatable bonds is 2. The van der Waals surface area contributed by atoms with Crippen LogP contribution in [-0.4, -0.2) is 15.3 Å². The summed E-state index contributed by atoms with van der Waals surface area (Å²) in [6.45, 7) is 0. The van der Waals surface area contributed by atoms with E-state index in [-0.39, 0.29) is 0 Å². The standard InChI is InChI=1S/C13H19N3OS/c14-13-16-15-12(18-13)11(17)10-8-2-6-1-7(4-8)5-9(10)3-6/h6-11,17H,1-5H2,(H2,14,16). The van der Waals surface area contributed by atoms with Crippen molar-refractivity contribution in [1.29, 1.82) is 0 Å². The van der Waals surface area contributed by atoms with E-state index >= 15 is 0 Å². The van der Waals surface area contributed by atoms with Crippen molar-refractivity contribution in [2.45, 2.75) is 38.2 Å². The molecule has 4 fully saturated rings. The van der Waals surface area contributed by atoms with E-state index in [4.69, 9.17) is 5.73 Å². The molecule has 3 N–H and O–H groups in total. The monoisotopic (exact) mass is 265 g/mol. The Balaban J connectivity index is 1.61. The first-order valence-corrected chi connectivity index (χ1v) is 7.79. The molecule has 5 rings (SSSR count). The van der Waals surface area contributed by atoms with Crippen LogP contribution < -0.4 is 5.73 Å². The fourth-order valence-electron chi connectivity index (χ4n) is 5.01. The summed E-state index contributed by atoms with van der Waals surface area (Å²) < 4.78 is 0. The second-order valence-electron chi connectivity index (χ2n) is 6.43. The molecule has 18 heavy (non-hydrogen) atoms. The molecule has 5 heteroatoms. The van der Waals surface area contributed by atoms with Crippen LogP contribution in [0.5, 0.6) is 0 Å². The third kappa shape index (κ3) is 1.60. The summed E-state index contributed by atoms with van der Waals surface area (Å²) in [6.07, 6.45) is 6.30. The van der Waals surface area contributed by atoms with Crippen molar-refractivity contribution in [1.82, 2.24) is 10.2 Å². The first-order valence-electron chi connectivity index (χ1n) is 6.97. The molecule has 0 radical (unpaired) electrons. The van der Waals surface area contributed by atoms with Crippen LogP contribution in [0.3, 0.4) is 0 Å². The van der Waals surface area contributed by atoms with Gasteiger partial charge in [-0.3, -0.25) is 0 Å². The third-order valence-electron chi connectivity index (χ3n) is 5.37. The molecule has 98 valence electrons. The van der Waals surface area contributed by atoms with Gasteiger partial charge in [0.05, 0.1) is 0 Å². The minimum absolute atomic E-state index is 0.408. The molecular formula is C13H19N3OS. The summed E-state index contributed by atoms with van der Waals surface area (Å²) in [5.41, 5.74) is 5.62. The summed E-state index contributed by atoms with van der Waals surface area (Å²) in [4.78, 5) is 0. The van der Waals surface area contributed by atoms with Gasteiger partial charge in [0.2, 0.25) is 5.13 Å². The van der Waals surface area contributed by atoms with Crippen LogP contribution in [-0.2, 0) is 0 Å². The van der Waals surface area contributed by atoms with Gasteiger partial charge in [-0.15, -0.1) is 10.2 Å². The topological polar surface area (TPSA) is 72.0 Å². The molecule has 0 saturated heterocycles. The largest absolute Gasteiger partial charge is 0.386 e. The van der Waals surface area contributed by atoms with Crippen molar-refractivity contribution in [3.8, 4) is 0 Å². The Hall–Kier alpha value is -0.680. The molecule has 0 aliphatic heterocycles. The number of nitrogen functional groups attached to an aromatic ring is 1. The highest BCUT2D eigenvalue weighted by Gasteiger charge is 2.51. The van der Waals surface area contributed by atoms with Gasteiger partial charge in [0.1, 0.15) is 11.1 Å². The number of aromatic nitrogens is 2. The van der Waals surface area contributed by atoms with Crippen molar-refractivity contribution in [2.75, 3.05) is 5.73 Å². The zero-order chi connectivity index (χ0) is 12.3. The average Bonchev–Trinajstić information content (AvgIpc) is 2.74. The summed E-state index contributed by atoms with van der Waals surface area (Å²) in [5, 5.41) is 19.7. The first-order chi connectivity index (χ1) is 8.70. The quantitative estimate of drug-likeness (QED) is 0.860. The van der Waals surface area contributed by atoms with Crippen molar-refractivity contribution in [3.05, 3.63) is 5.01 Å². The second-order valence-corrected chi connectivity index (χ2v) is 7.47. The van der Waals surface area contributed by atoms with Crippen LogP contribution in [0.25, 0.3) is 0 Å². The van der Waals surface area contributed by atoms with Gasteiger partial charge in [0.25, 0.3) is 0 Å². The molecule has 0 amide bonds. The molecule has 4 aliphatic carbocycles. The van der Waals surface area contributed by atoms with Crippen LogP contribution >= 0.6 is 11.3 Å². The van der Waals surface area contributed by atoms with E-state index in [2.05, 4.69) is 10.2 Å². The Bertz CT molecular complexity index is 433. The predicted octanol–water partition coefficient (Wildman–Crippen LogP) is 2.23. The molecule has 1 heterocycles. The zero-order valence-electron chi connectivity index (χ0n) is 10.3. The van der Waals surface area contributed by atoms with E-state index in [1.54, 1.807) is 0 Å². The van der Waals surface area contributed by atoms with Crippen LogP contribution in [0.15, 0.2) is 0 Å². The van der Waals surface area contributed by atoms with Gasteiger partial charge in [-0.25, -0.2) is 0 Å². The first kappa shape index (κ1) is 11.2. The number of hydrogen-bond donors (Lipinski definition) is 2. The summed E-state index contributed by atoms with van der Waals surface area (Å²) in [6, 6.07) is 0. The van der Waals surface area contributed by atoms with Gasteiger partial charge < -0.3 is 10.8 Å². The normalized spacial score (nSPS) is 43.3. The van der Waals surface area contributed by atoms with Gasteiger partial charge >= 0.3 is 0 Å². The van der Waals surface area contributed by atoms with Crippen LogP contribution in [0.2, 0.25) is 0 Å². The molecule has 4 nitrogen and oxygen atoms in total. The van der Waals surface area contributed by atoms with E-state index in [1.165, 1.54) is 43.4 Å². The van der Waals surface area contributed by atoms with Gasteiger partial charge in [-0.2, -0.15) is 0 Å². The molecule has 0 aromatic carbocycles. The summed E-state index contributed by atoms with van der Waals surface area (Å²) >= 11 is 1.35. The van der Waals surface area contributed by atoms with Crippen LogP contribution in [0, 0.1) is 29.6 Å². The molecule has 1 aromatic rings. The van der Waals surface area contributed by atoms with Gasteiger partial charge in [-0.05, 0) is 61.7 Å². The molecular weight excluding hydrogens is 246 g/mol. The maximum atomic E-state index is 10.6. The number of hydrogen-bond acceptors (Lipinski definition) is 5. The molecule has 1 aromatic heterocycles. The lowest BCUT2D eigenvalue weighted by atomic mass is 9.51. The fraction of sp³-hybridized carbons (Fsp3) is 0.846. The van der Waals surface area contributed by atoms with Crippen molar-refractivity contribution in [3.63, 3.8) is 0 Å². The maximum Gasteiger partial charge on any atom is 0.203 e. The number of nitrogens with two attached hydrogens (primary N) is 1.